The molecule has 1 saturated carbocycles. The summed E-state index contributed by atoms with van der Waals surface area (Å²) in [5.41, 5.74) is -0.999. The lowest BCUT2D eigenvalue weighted by Crippen LogP contribution is -2.55. The van der Waals surface area contributed by atoms with Crippen molar-refractivity contribution in [3.05, 3.63) is 24.3 Å². The molecule has 3 fully saturated rings. The highest BCUT2D eigenvalue weighted by Gasteiger charge is 2.63. The van der Waals surface area contributed by atoms with Gasteiger partial charge in [0.15, 0.2) is 5.60 Å². The van der Waals surface area contributed by atoms with Gasteiger partial charge in [0, 0.05) is 32.7 Å². The molecule has 2 heterocycles. The molecule has 0 radical (unpaired) electrons. The molecule has 3 N–H and O–H groups in total. The fourth-order valence-corrected chi connectivity index (χ4v) is 5.28. The Morgan fingerprint density at radius 1 is 1.09 bits per heavy atom. The zero-order valence-corrected chi connectivity index (χ0v) is 19.4. The van der Waals surface area contributed by atoms with Crippen LogP contribution in [0.5, 0.6) is 5.75 Å². The summed E-state index contributed by atoms with van der Waals surface area (Å²) in [6.45, 7) is 7.12. The lowest BCUT2D eigenvalue weighted by atomic mass is 9.75. The van der Waals surface area contributed by atoms with Gasteiger partial charge in [-0.25, -0.2) is 0 Å². The standard InChI is InChI=1S/C24H35N3O6/c1-16(2)33-20-8-4-3-7-19(20)26-12-10-25(11-13-26)14-17(28)15-27-22(30)18-6-5-9-21(29)24(18,32)23(27)31/h3-4,7-8,16-18,21,28-29,32H,5-6,9-15H2,1-2H3. The normalized spacial score (nSPS) is 29.5. The fraction of sp³-hybridized carbons (Fsp3) is 0.667. The Morgan fingerprint density at radius 3 is 2.45 bits per heavy atom. The van der Waals surface area contributed by atoms with Crippen LogP contribution in [0.2, 0.25) is 0 Å². The van der Waals surface area contributed by atoms with E-state index in [1.165, 1.54) is 0 Å². The number of hydrogen-bond donors (Lipinski definition) is 3. The molecule has 33 heavy (non-hydrogen) atoms. The van der Waals surface area contributed by atoms with Crippen LogP contribution in [0, 0.1) is 5.92 Å². The SMILES string of the molecule is CC(C)Oc1ccccc1N1CCN(CC(O)CN2C(=O)C3CCCC(O)C3(O)C2=O)CC1. The molecular formula is C24H35N3O6. The van der Waals surface area contributed by atoms with Crippen LogP contribution in [-0.2, 0) is 9.59 Å². The van der Waals surface area contributed by atoms with Crippen molar-refractivity contribution in [1.29, 1.82) is 0 Å². The number of amides is 2. The summed E-state index contributed by atoms with van der Waals surface area (Å²) in [6.07, 6.45) is -0.847. The summed E-state index contributed by atoms with van der Waals surface area (Å²) < 4.78 is 5.94. The number of imide groups is 1. The molecule has 0 aromatic heterocycles. The van der Waals surface area contributed by atoms with Gasteiger partial charge in [-0.15, -0.1) is 0 Å². The maximum Gasteiger partial charge on any atom is 0.264 e. The fourth-order valence-electron chi connectivity index (χ4n) is 5.28. The van der Waals surface area contributed by atoms with Gasteiger partial charge in [0.05, 0.1) is 36.5 Å². The highest BCUT2D eigenvalue weighted by atomic mass is 16.5. The zero-order chi connectivity index (χ0) is 23.8. The zero-order valence-electron chi connectivity index (χ0n) is 19.4. The van der Waals surface area contributed by atoms with Gasteiger partial charge in [0.25, 0.3) is 5.91 Å². The van der Waals surface area contributed by atoms with Gasteiger partial charge >= 0.3 is 0 Å². The highest BCUT2D eigenvalue weighted by Crippen LogP contribution is 2.41. The molecule has 9 nitrogen and oxygen atoms in total. The van der Waals surface area contributed by atoms with Gasteiger partial charge in [-0.2, -0.15) is 0 Å². The summed E-state index contributed by atoms with van der Waals surface area (Å²) in [5, 5.41) is 31.6. The Kier molecular flexibility index (Phi) is 6.95. The first kappa shape index (κ1) is 23.9. The van der Waals surface area contributed by atoms with Crippen molar-refractivity contribution in [3.8, 4) is 5.75 Å². The molecule has 4 unspecified atom stereocenters. The third kappa shape index (κ3) is 4.59. The average molecular weight is 462 g/mol. The highest BCUT2D eigenvalue weighted by molar-refractivity contribution is 6.09. The van der Waals surface area contributed by atoms with Gasteiger partial charge in [0.2, 0.25) is 5.91 Å². The quantitative estimate of drug-likeness (QED) is 0.494. The summed E-state index contributed by atoms with van der Waals surface area (Å²) >= 11 is 0. The first-order valence-corrected chi connectivity index (χ1v) is 11.9. The second-order valence-corrected chi connectivity index (χ2v) is 9.65. The van der Waals surface area contributed by atoms with E-state index in [1.54, 1.807) is 0 Å². The number of hydrogen-bond acceptors (Lipinski definition) is 8. The smallest absolute Gasteiger partial charge is 0.264 e. The molecule has 4 rings (SSSR count). The van der Waals surface area contributed by atoms with Crippen LogP contribution >= 0.6 is 0 Å². The van der Waals surface area contributed by atoms with Gasteiger partial charge in [0.1, 0.15) is 5.75 Å². The third-order valence-electron chi connectivity index (χ3n) is 6.96. The van der Waals surface area contributed by atoms with E-state index in [1.807, 2.05) is 38.1 Å². The minimum atomic E-state index is -2.05. The Balaban J connectivity index is 1.32. The first-order valence-electron chi connectivity index (χ1n) is 11.9. The van der Waals surface area contributed by atoms with Crippen LogP contribution in [-0.4, -0.2) is 100 Å². The van der Waals surface area contributed by atoms with Crippen molar-refractivity contribution in [1.82, 2.24) is 9.80 Å². The molecule has 9 heteroatoms. The summed E-state index contributed by atoms with van der Waals surface area (Å²) in [5.74, 6) is -1.34. The predicted octanol–water partition coefficient (Wildman–Crippen LogP) is 0.218. The van der Waals surface area contributed by atoms with E-state index in [0.29, 0.717) is 19.4 Å². The van der Waals surface area contributed by atoms with Gasteiger partial charge in [-0.1, -0.05) is 12.1 Å². The number of nitrogens with zero attached hydrogens (tertiary/aromatic N) is 3. The van der Waals surface area contributed by atoms with Crippen molar-refractivity contribution in [2.45, 2.75) is 57.0 Å². The molecule has 3 aliphatic rings. The molecule has 0 bridgehead atoms. The number of para-hydroxylation sites is 2. The number of carbonyl (C=O) groups is 2. The maximum absolute atomic E-state index is 12.8. The number of piperazine rings is 1. The number of fused-ring (bicyclic) bond motifs is 1. The second-order valence-electron chi connectivity index (χ2n) is 9.65. The molecule has 2 aliphatic heterocycles. The number of aliphatic hydroxyl groups is 3. The summed E-state index contributed by atoms with van der Waals surface area (Å²) in [6, 6.07) is 7.97. The molecule has 182 valence electrons. The summed E-state index contributed by atoms with van der Waals surface area (Å²) in [4.78, 5) is 30.8. The Hall–Kier alpha value is -2.20. The minimum Gasteiger partial charge on any atom is -0.489 e. The van der Waals surface area contributed by atoms with Crippen LogP contribution in [0.1, 0.15) is 33.1 Å². The Labute approximate surface area is 194 Å². The lowest BCUT2D eigenvalue weighted by molar-refractivity contribution is -0.165. The van der Waals surface area contributed by atoms with Gasteiger partial charge in [-0.3, -0.25) is 19.4 Å². The summed E-state index contributed by atoms with van der Waals surface area (Å²) in [7, 11) is 0. The number of aliphatic hydroxyl groups excluding tert-OH is 2. The van der Waals surface area contributed by atoms with E-state index in [-0.39, 0.29) is 19.1 Å². The van der Waals surface area contributed by atoms with E-state index in [4.69, 9.17) is 4.74 Å². The molecule has 1 aromatic carbocycles. The molecule has 0 spiro atoms. The van der Waals surface area contributed by atoms with E-state index in [9.17, 15) is 24.9 Å². The molecule has 2 saturated heterocycles. The van der Waals surface area contributed by atoms with Crippen molar-refractivity contribution >= 4 is 17.5 Å². The van der Waals surface area contributed by atoms with E-state index < -0.39 is 35.5 Å². The third-order valence-corrected chi connectivity index (χ3v) is 6.96. The maximum atomic E-state index is 12.8. The Bertz CT molecular complexity index is 872. The molecule has 2 amide bonds. The van der Waals surface area contributed by atoms with Gasteiger partial charge in [-0.05, 0) is 45.2 Å². The van der Waals surface area contributed by atoms with E-state index >= 15 is 0 Å². The van der Waals surface area contributed by atoms with Crippen LogP contribution in [0.3, 0.4) is 0 Å². The van der Waals surface area contributed by atoms with Crippen molar-refractivity contribution in [2.75, 3.05) is 44.2 Å². The number of β-amino-alcohol motifs (C(OH)–C–C–N with tert-alkyl or cyclic N) is 1. The molecular weight excluding hydrogens is 426 g/mol. The van der Waals surface area contributed by atoms with Gasteiger partial charge < -0.3 is 25.0 Å². The van der Waals surface area contributed by atoms with Crippen LogP contribution in [0.25, 0.3) is 0 Å². The number of anilines is 1. The van der Waals surface area contributed by atoms with Crippen LogP contribution in [0.4, 0.5) is 5.69 Å². The molecule has 4 atom stereocenters. The van der Waals surface area contributed by atoms with E-state index in [2.05, 4.69) is 9.80 Å². The number of carbonyl (C=O) groups excluding carboxylic acids is 2. The first-order chi connectivity index (χ1) is 15.7. The number of benzene rings is 1. The van der Waals surface area contributed by atoms with E-state index in [0.717, 1.165) is 42.5 Å². The monoisotopic (exact) mass is 461 g/mol. The average Bonchev–Trinajstić information content (AvgIpc) is 2.97. The lowest BCUT2D eigenvalue weighted by Gasteiger charge is -2.38. The predicted molar refractivity (Wildman–Crippen MR) is 122 cm³/mol. The minimum absolute atomic E-state index is 0.0848. The van der Waals surface area contributed by atoms with Crippen molar-refractivity contribution in [2.24, 2.45) is 5.92 Å². The number of rotatable bonds is 7. The molecule has 1 aliphatic carbocycles. The largest absolute Gasteiger partial charge is 0.489 e. The second kappa shape index (κ2) is 9.58. The molecule has 1 aromatic rings. The Morgan fingerprint density at radius 2 is 1.79 bits per heavy atom. The van der Waals surface area contributed by atoms with Crippen molar-refractivity contribution < 1.29 is 29.6 Å². The number of ether oxygens (including phenoxy) is 1. The number of likely N-dealkylation sites (tertiary alicyclic amines) is 1. The van der Waals surface area contributed by atoms with Crippen molar-refractivity contribution in [3.63, 3.8) is 0 Å². The van der Waals surface area contributed by atoms with Crippen LogP contribution in [0.15, 0.2) is 24.3 Å². The van der Waals surface area contributed by atoms with Crippen LogP contribution < -0.4 is 9.64 Å². The topological polar surface area (TPSA) is 114 Å².